The maximum absolute atomic E-state index is 13.1. The van der Waals surface area contributed by atoms with Crippen molar-refractivity contribution in [2.75, 3.05) is 31.9 Å². The lowest BCUT2D eigenvalue weighted by Gasteiger charge is -2.35. The van der Waals surface area contributed by atoms with Gasteiger partial charge in [0.2, 0.25) is 0 Å². The molecule has 0 spiro atoms. The van der Waals surface area contributed by atoms with Crippen LogP contribution in [0.25, 0.3) is 5.65 Å². The Morgan fingerprint density at radius 3 is 2.66 bits per heavy atom. The topological polar surface area (TPSA) is 124 Å². The van der Waals surface area contributed by atoms with Crippen LogP contribution in [0.2, 0.25) is 0 Å². The third-order valence-corrected chi connectivity index (χ3v) is 7.06. The Hall–Kier alpha value is -3.44. The predicted octanol–water partition coefficient (Wildman–Crippen LogP) is 2.32. The van der Waals surface area contributed by atoms with E-state index in [4.69, 9.17) is 9.47 Å². The van der Waals surface area contributed by atoms with Gasteiger partial charge in [0.25, 0.3) is 11.5 Å². The Labute approximate surface area is 202 Å². The molecule has 0 aliphatic heterocycles. The Kier molecular flexibility index (Phi) is 6.44. The van der Waals surface area contributed by atoms with Crippen molar-refractivity contribution in [3.05, 3.63) is 46.5 Å². The largest absolute Gasteiger partial charge is 0.381 e. The SMILES string of the molecule is CNc1cc(Nc2cccn([C@H]3C[C@H](OC)C3)c2=O)nc2c(C(=O)N[C@H]3CC[C@H](OC)C3)cnn12. The molecule has 3 heterocycles. The molecule has 5 rings (SSSR count). The number of rotatable bonds is 8. The Bertz CT molecular complexity index is 1280. The summed E-state index contributed by atoms with van der Waals surface area (Å²) < 4.78 is 14.1. The minimum atomic E-state index is -0.229. The summed E-state index contributed by atoms with van der Waals surface area (Å²) in [4.78, 5) is 30.8. The predicted molar refractivity (Wildman–Crippen MR) is 131 cm³/mol. The van der Waals surface area contributed by atoms with Crippen molar-refractivity contribution in [2.24, 2.45) is 0 Å². The average molecular weight is 482 g/mol. The molecule has 2 atom stereocenters. The summed E-state index contributed by atoms with van der Waals surface area (Å²) in [6.45, 7) is 0. The van der Waals surface area contributed by atoms with Crippen molar-refractivity contribution in [2.45, 2.75) is 56.4 Å². The Morgan fingerprint density at radius 2 is 1.94 bits per heavy atom. The first-order valence-corrected chi connectivity index (χ1v) is 11.9. The van der Waals surface area contributed by atoms with Crippen LogP contribution in [0.3, 0.4) is 0 Å². The number of hydrogen-bond acceptors (Lipinski definition) is 8. The fourth-order valence-electron chi connectivity index (χ4n) is 4.90. The number of hydrogen-bond donors (Lipinski definition) is 3. The molecule has 186 valence electrons. The van der Waals surface area contributed by atoms with E-state index in [0.29, 0.717) is 28.5 Å². The number of nitrogens with zero attached hydrogens (tertiary/aromatic N) is 4. The lowest BCUT2D eigenvalue weighted by Crippen LogP contribution is -2.37. The summed E-state index contributed by atoms with van der Waals surface area (Å²) in [6.07, 6.45) is 7.90. The van der Waals surface area contributed by atoms with Gasteiger partial charge in [-0.05, 0) is 44.2 Å². The van der Waals surface area contributed by atoms with E-state index >= 15 is 0 Å². The van der Waals surface area contributed by atoms with Crippen LogP contribution in [-0.4, -0.2) is 64.6 Å². The highest BCUT2D eigenvalue weighted by atomic mass is 16.5. The van der Waals surface area contributed by atoms with Crippen LogP contribution in [0.15, 0.2) is 35.4 Å². The lowest BCUT2D eigenvalue weighted by atomic mass is 9.89. The van der Waals surface area contributed by atoms with E-state index in [1.807, 2.05) is 6.07 Å². The normalized spacial score (nSPS) is 23.7. The van der Waals surface area contributed by atoms with Gasteiger partial charge in [-0.3, -0.25) is 9.59 Å². The molecule has 3 aromatic heterocycles. The molecule has 35 heavy (non-hydrogen) atoms. The van der Waals surface area contributed by atoms with Gasteiger partial charge in [-0.2, -0.15) is 9.61 Å². The second-order valence-corrected chi connectivity index (χ2v) is 9.15. The molecule has 0 saturated heterocycles. The third kappa shape index (κ3) is 4.48. The van der Waals surface area contributed by atoms with Crippen LogP contribution in [0.4, 0.5) is 17.3 Å². The standard InChI is InChI=1S/C24H31N7O4/c1-25-21-12-20(28-19-5-4-8-30(24(19)33)15-10-17(11-15)35-3)29-22-18(13-26-31(21)22)23(32)27-14-6-7-16(9-14)34-2/h4-5,8,12-17,25H,6-7,9-11H2,1-3H3,(H,27,32)(H,28,29)/t14-,15-,16-,17-/m0/s1. The number of carbonyl (C=O) groups is 1. The highest BCUT2D eigenvalue weighted by Crippen LogP contribution is 2.33. The van der Waals surface area contributed by atoms with Crippen molar-refractivity contribution in [3.63, 3.8) is 0 Å². The number of amides is 1. The molecule has 11 heteroatoms. The van der Waals surface area contributed by atoms with E-state index in [2.05, 4.69) is 26.0 Å². The van der Waals surface area contributed by atoms with Gasteiger partial charge >= 0.3 is 0 Å². The zero-order chi connectivity index (χ0) is 24.5. The molecule has 1 amide bonds. The molecule has 11 nitrogen and oxygen atoms in total. The van der Waals surface area contributed by atoms with Crippen molar-refractivity contribution < 1.29 is 14.3 Å². The number of fused-ring (bicyclic) bond motifs is 1. The fourth-order valence-corrected chi connectivity index (χ4v) is 4.90. The molecule has 0 unspecified atom stereocenters. The zero-order valence-electron chi connectivity index (χ0n) is 20.2. The van der Waals surface area contributed by atoms with Gasteiger partial charge in [-0.1, -0.05) is 0 Å². The number of aromatic nitrogens is 4. The van der Waals surface area contributed by atoms with Crippen LogP contribution < -0.4 is 21.5 Å². The number of nitrogens with one attached hydrogen (secondary N) is 3. The first-order chi connectivity index (χ1) is 17.0. The minimum Gasteiger partial charge on any atom is -0.381 e. The van der Waals surface area contributed by atoms with Crippen molar-refractivity contribution >= 4 is 28.9 Å². The van der Waals surface area contributed by atoms with Crippen LogP contribution in [0.5, 0.6) is 0 Å². The summed E-state index contributed by atoms with van der Waals surface area (Å²) >= 11 is 0. The monoisotopic (exact) mass is 481 g/mol. The number of ether oxygens (including phenoxy) is 2. The second-order valence-electron chi connectivity index (χ2n) is 9.15. The fraction of sp³-hybridized carbons (Fsp3) is 0.500. The van der Waals surface area contributed by atoms with Gasteiger partial charge in [0, 0.05) is 45.6 Å². The van der Waals surface area contributed by atoms with Crippen LogP contribution in [0.1, 0.15) is 48.5 Å². The highest BCUT2D eigenvalue weighted by Gasteiger charge is 2.31. The number of carbonyl (C=O) groups excluding carboxylic acids is 1. The third-order valence-electron chi connectivity index (χ3n) is 7.06. The van der Waals surface area contributed by atoms with Gasteiger partial charge in [0.15, 0.2) is 5.65 Å². The van der Waals surface area contributed by atoms with E-state index in [-0.39, 0.29) is 35.8 Å². The second kappa shape index (κ2) is 9.67. The summed E-state index contributed by atoms with van der Waals surface area (Å²) in [5, 5.41) is 13.7. The summed E-state index contributed by atoms with van der Waals surface area (Å²) in [7, 11) is 5.15. The summed E-state index contributed by atoms with van der Waals surface area (Å²) in [6, 6.07) is 5.50. The minimum absolute atomic E-state index is 0.0551. The van der Waals surface area contributed by atoms with E-state index in [1.54, 1.807) is 48.7 Å². The lowest BCUT2D eigenvalue weighted by molar-refractivity contribution is 0.00522. The van der Waals surface area contributed by atoms with Crippen molar-refractivity contribution in [1.29, 1.82) is 0 Å². The van der Waals surface area contributed by atoms with E-state index in [1.165, 1.54) is 6.20 Å². The number of methoxy groups -OCH3 is 2. The first-order valence-electron chi connectivity index (χ1n) is 11.9. The van der Waals surface area contributed by atoms with Gasteiger partial charge in [0.05, 0.1) is 18.4 Å². The average Bonchev–Trinajstić information content (AvgIpc) is 3.47. The molecule has 2 aliphatic rings. The van der Waals surface area contributed by atoms with E-state index < -0.39 is 0 Å². The quantitative estimate of drug-likeness (QED) is 0.448. The van der Waals surface area contributed by atoms with Gasteiger partial charge in [-0.15, -0.1) is 0 Å². The Balaban J connectivity index is 1.41. The maximum atomic E-state index is 13.1. The van der Waals surface area contributed by atoms with Crippen LogP contribution in [-0.2, 0) is 9.47 Å². The van der Waals surface area contributed by atoms with E-state index in [0.717, 1.165) is 32.1 Å². The molecular weight excluding hydrogens is 450 g/mol. The highest BCUT2D eigenvalue weighted by molar-refractivity contribution is 6.00. The van der Waals surface area contributed by atoms with Gasteiger partial charge < -0.3 is 30.0 Å². The van der Waals surface area contributed by atoms with Crippen LogP contribution in [0, 0.1) is 0 Å². The maximum Gasteiger partial charge on any atom is 0.274 e. The molecule has 0 bridgehead atoms. The van der Waals surface area contributed by atoms with Crippen molar-refractivity contribution in [1.82, 2.24) is 24.5 Å². The molecule has 2 saturated carbocycles. The molecule has 3 aromatic rings. The molecule has 0 aromatic carbocycles. The first kappa shape index (κ1) is 23.3. The van der Waals surface area contributed by atoms with Crippen LogP contribution >= 0.6 is 0 Å². The Morgan fingerprint density at radius 1 is 1.14 bits per heavy atom. The van der Waals surface area contributed by atoms with Gasteiger partial charge in [-0.25, -0.2) is 4.98 Å². The molecule has 2 fully saturated rings. The zero-order valence-corrected chi connectivity index (χ0v) is 20.2. The van der Waals surface area contributed by atoms with Gasteiger partial charge in [0.1, 0.15) is 22.9 Å². The number of pyridine rings is 1. The molecule has 0 radical (unpaired) electrons. The van der Waals surface area contributed by atoms with Crippen molar-refractivity contribution in [3.8, 4) is 0 Å². The number of anilines is 3. The van der Waals surface area contributed by atoms with E-state index in [9.17, 15) is 9.59 Å². The smallest absolute Gasteiger partial charge is 0.274 e. The molecule has 3 N–H and O–H groups in total. The summed E-state index contributed by atoms with van der Waals surface area (Å²) in [5.41, 5.74) is 1.06. The summed E-state index contributed by atoms with van der Waals surface area (Å²) in [5.74, 6) is 0.846. The molecular formula is C24H31N7O4. The molecule has 2 aliphatic carbocycles.